The van der Waals surface area contributed by atoms with Crippen molar-refractivity contribution in [2.24, 2.45) is 0 Å². The van der Waals surface area contributed by atoms with E-state index >= 15 is 0 Å². The summed E-state index contributed by atoms with van der Waals surface area (Å²) in [5, 5.41) is 10.7. The summed E-state index contributed by atoms with van der Waals surface area (Å²) in [6, 6.07) is 11.5. The van der Waals surface area contributed by atoms with Crippen LogP contribution in [0.4, 0.5) is 5.69 Å². The number of unbranched alkanes of at least 4 members (excludes halogenated alkanes) is 5. The van der Waals surface area contributed by atoms with Gasteiger partial charge in [-0.2, -0.15) is 0 Å². The minimum atomic E-state index is -0.698. The summed E-state index contributed by atoms with van der Waals surface area (Å²) in [4.78, 5) is 34.7. The number of Topliss-reactive ketones (excluding diaryl/α,β-unsaturated/α-hetero) is 2. The molecule has 0 N–H and O–H groups in total. The molecule has 148 valence electrons. The fourth-order valence-corrected chi connectivity index (χ4v) is 2.77. The lowest BCUT2D eigenvalue weighted by atomic mass is 10.0. The second-order valence-electron chi connectivity index (χ2n) is 6.60. The summed E-state index contributed by atoms with van der Waals surface area (Å²) in [7, 11) is 0. The lowest BCUT2D eigenvalue weighted by molar-refractivity contribution is -0.384. The molecule has 6 heteroatoms. The molecule has 2 aromatic carbocycles. The molecule has 0 fully saturated rings. The Bertz CT molecular complexity index is 797. The smallest absolute Gasteiger partial charge is 0.269 e. The standard InChI is InChI=1S/C22H25NO5/c1-2-3-4-5-6-7-16-28-20-14-10-18(11-15-20)22(25)21(24)17-8-12-19(13-9-17)23(26)27/h8-15H,2-7,16H2,1H3. The van der Waals surface area contributed by atoms with Gasteiger partial charge < -0.3 is 4.74 Å². The Morgan fingerprint density at radius 3 is 1.86 bits per heavy atom. The van der Waals surface area contributed by atoms with Crippen LogP contribution in [-0.2, 0) is 0 Å². The monoisotopic (exact) mass is 383 g/mol. The van der Waals surface area contributed by atoms with Gasteiger partial charge in [0.2, 0.25) is 11.6 Å². The van der Waals surface area contributed by atoms with E-state index in [0.29, 0.717) is 12.4 Å². The summed E-state index contributed by atoms with van der Waals surface area (Å²) in [6.45, 7) is 2.82. The number of carbonyl (C=O) groups excluding carboxylic acids is 2. The molecular weight excluding hydrogens is 358 g/mol. The van der Waals surface area contributed by atoms with Gasteiger partial charge in [-0.05, 0) is 42.8 Å². The normalized spacial score (nSPS) is 10.5. The van der Waals surface area contributed by atoms with Crippen LogP contribution in [0.2, 0.25) is 0 Å². The average molecular weight is 383 g/mol. The molecule has 0 aliphatic rings. The average Bonchev–Trinajstić information content (AvgIpc) is 2.72. The first-order valence-corrected chi connectivity index (χ1v) is 9.59. The van der Waals surface area contributed by atoms with E-state index in [9.17, 15) is 19.7 Å². The van der Waals surface area contributed by atoms with E-state index in [0.717, 1.165) is 12.8 Å². The number of benzene rings is 2. The quantitative estimate of drug-likeness (QED) is 0.161. The van der Waals surface area contributed by atoms with E-state index in [4.69, 9.17) is 4.74 Å². The number of rotatable bonds is 12. The molecule has 0 aliphatic carbocycles. The molecule has 0 saturated carbocycles. The number of ether oxygens (including phenoxy) is 1. The van der Waals surface area contributed by atoms with E-state index in [1.165, 1.54) is 49.9 Å². The predicted molar refractivity (Wildman–Crippen MR) is 107 cm³/mol. The second-order valence-corrected chi connectivity index (χ2v) is 6.60. The summed E-state index contributed by atoms with van der Waals surface area (Å²) < 4.78 is 5.67. The van der Waals surface area contributed by atoms with Gasteiger partial charge in [0.25, 0.3) is 5.69 Å². The molecule has 28 heavy (non-hydrogen) atoms. The highest BCUT2D eigenvalue weighted by molar-refractivity contribution is 6.49. The van der Waals surface area contributed by atoms with Gasteiger partial charge in [0, 0.05) is 23.3 Å². The second kappa shape index (κ2) is 11.0. The van der Waals surface area contributed by atoms with Crippen molar-refractivity contribution in [1.29, 1.82) is 0 Å². The van der Waals surface area contributed by atoms with E-state index in [-0.39, 0.29) is 16.8 Å². The Morgan fingerprint density at radius 2 is 1.32 bits per heavy atom. The summed E-state index contributed by atoms with van der Waals surface area (Å²) >= 11 is 0. The van der Waals surface area contributed by atoms with Crippen LogP contribution in [0.1, 0.15) is 66.2 Å². The van der Waals surface area contributed by atoms with Crippen molar-refractivity contribution < 1.29 is 19.2 Å². The van der Waals surface area contributed by atoms with E-state index in [1.54, 1.807) is 24.3 Å². The summed E-state index contributed by atoms with van der Waals surface area (Å²) in [5.41, 5.74) is 0.255. The number of nitro benzene ring substituents is 1. The summed E-state index contributed by atoms with van der Waals surface area (Å²) in [6.07, 6.45) is 7.11. The van der Waals surface area contributed by atoms with Crippen molar-refractivity contribution in [1.82, 2.24) is 0 Å². The van der Waals surface area contributed by atoms with Gasteiger partial charge >= 0.3 is 0 Å². The maximum Gasteiger partial charge on any atom is 0.269 e. The van der Waals surface area contributed by atoms with Crippen molar-refractivity contribution >= 4 is 17.3 Å². The predicted octanol–water partition coefficient (Wildman–Crippen LogP) is 5.40. The van der Waals surface area contributed by atoms with E-state index in [1.807, 2.05) is 0 Å². The fourth-order valence-electron chi connectivity index (χ4n) is 2.77. The molecule has 0 unspecified atom stereocenters. The zero-order valence-electron chi connectivity index (χ0n) is 16.1. The van der Waals surface area contributed by atoms with Gasteiger partial charge in [-0.3, -0.25) is 19.7 Å². The van der Waals surface area contributed by atoms with Crippen molar-refractivity contribution in [3.63, 3.8) is 0 Å². The molecule has 0 saturated heterocycles. The first-order chi connectivity index (χ1) is 13.5. The minimum absolute atomic E-state index is 0.124. The van der Waals surface area contributed by atoms with Crippen molar-refractivity contribution in [3.8, 4) is 5.75 Å². The third-order valence-corrected chi connectivity index (χ3v) is 4.43. The van der Waals surface area contributed by atoms with Crippen LogP contribution in [0.25, 0.3) is 0 Å². The van der Waals surface area contributed by atoms with Gasteiger partial charge in [-0.1, -0.05) is 39.0 Å². The van der Waals surface area contributed by atoms with Crippen LogP contribution in [0.15, 0.2) is 48.5 Å². The molecule has 0 amide bonds. The fraction of sp³-hybridized carbons (Fsp3) is 0.364. The third kappa shape index (κ3) is 6.30. The Morgan fingerprint density at radius 1 is 0.821 bits per heavy atom. The number of nitro groups is 1. The molecule has 0 spiro atoms. The van der Waals surface area contributed by atoms with Crippen LogP contribution in [0.3, 0.4) is 0 Å². The highest BCUT2D eigenvalue weighted by atomic mass is 16.6. The highest BCUT2D eigenvalue weighted by Gasteiger charge is 2.19. The van der Waals surface area contributed by atoms with Gasteiger partial charge in [-0.15, -0.1) is 0 Å². The van der Waals surface area contributed by atoms with E-state index in [2.05, 4.69) is 6.92 Å². The van der Waals surface area contributed by atoms with Crippen LogP contribution >= 0.6 is 0 Å². The number of nitrogens with zero attached hydrogens (tertiary/aromatic N) is 1. The zero-order chi connectivity index (χ0) is 20.4. The van der Waals surface area contributed by atoms with Gasteiger partial charge in [0.05, 0.1) is 11.5 Å². The SMILES string of the molecule is CCCCCCCCOc1ccc(C(=O)C(=O)c2ccc([N+](=O)[O-])cc2)cc1. The Labute approximate surface area is 164 Å². The largest absolute Gasteiger partial charge is 0.494 e. The van der Waals surface area contributed by atoms with Gasteiger partial charge in [0.15, 0.2) is 0 Å². The van der Waals surface area contributed by atoms with Crippen molar-refractivity contribution in [2.45, 2.75) is 45.4 Å². The number of ketones is 2. The molecule has 0 aromatic heterocycles. The molecular formula is C22H25NO5. The van der Waals surface area contributed by atoms with Crippen LogP contribution < -0.4 is 4.74 Å². The number of non-ortho nitro benzene ring substituents is 1. The van der Waals surface area contributed by atoms with Gasteiger partial charge in [0.1, 0.15) is 5.75 Å². The molecule has 0 heterocycles. The third-order valence-electron chi connectivity index (χ3n) is 4.43. The first kappa shape index (κ1) is 21.3. The maximum atomic E-state index is 12.3. The van der Waals surface area contributed by atoms with E-state index < -0.39 is 16.5 Å². The molecule has 2 aromatic rings. The maximum absolute atomic E-state index is 12.3. The minimum Gasteiger partial charge on any atom is -0.494 e. The topological polar surface area (TPSA) is 86.5 Å². The molecule has 0 radical (unpaired) electrons. The molecule has 6 nitrogen and oxygen atoms in total. The van der Waals surface area contributed by atoms with Crippen LogP contribution in [0, 0.1) is 10.1 Å². The molecule has 2 rings (SSSR count). The molecule has 0 atom stereocenters. The zero-order valence-corrected chi connectivity index (χ0v) is 16.1. The molecule has 0 bridgehead atoms. The lowest BCUT2D eigenvalue weighted by Gasteiger charge is -2.07. The van der Waals surface area contributed by atoms with Crippen LogP contribution in [-0.4, -0.2) is 23.1 Å². The highest BCUT2D eigenvalue weighted by Crippen LogP contribution is 2.17. The van der Waals surface area contributed by atoms with Crippen molar-refractivity contribution in [2.75, 3.05) is 6.61 Å². The molecule has 0 aliphatic heterocycles. The van der Waals surface area contributed by atoms with Gasteiger partial charge in [-0.25, -0.2) is 0 Å². The number of hydrogen-bond acceptors (Lipinski definition) is 5. The van der Waals surface area contributed by atoms with Crippen LogP contribution in [0.5, 0.6) is 5.75 Å². The Kier molecular flexibility index (Phi) is 8.34. The lowest BCUT2D eigenvalue weighted by Crippen LogP contribution is -2.14. The Hall–Kier alpha value is -3.02. The summed E-state index contributed by atoms with van der Waals surface area (Å²) in [5.74, 6) is -0.695. The first-order valence-electron chi connectivity index (χ1n) is 9.59. The number of hydrogen-bond donors (Lipinski definition) is 0. The number of carbonyl (C=O) groups is 2. The van der Waals surface area contributed by atoms with Crippen molar-refractivity contribution in [3.05, 3.63) is 69.8 Å². The Balaban J connectivity index is 1.85.